The predicted octanol–water partition coefficient (Wildman–Crippen LogP) is 3.21. The molecule has 1 aliphatic rings. The Balaban J connectivity index is 1.37. The highest BCUT2D eigenvalue weighted by Crippen LogP contribution is 2.33. The molecule has 142 valence electrons. The zero-order valence-corrected chi connectivity index (χ0v) is 15.2. The number of rotatable bonds is 3. The van der Waals surface area contributed by atoms with Crippen molar-refractivity contribution < 1.29 is 9.47 Å². The molecule has 0 saturated carbocycles. The molecule has 9 nitrogen and oxygen atoms in total. The molecule has 0 saturated heterocycles. The number of nitrogens with one attached hydrogen (secondary N) is 2. The van der Waals surface area contributed by atoms with Crippen LogP contribution in [0.5, 0.6) is 11.5 Å². The fourth-order valence-electron chi connectivity index (χ4n) is 3.38. The Labute approximate surface area is 164 Å². The monoisotopic (exact) mass is 385 g/mol. The summed E-state index contributed by atoms with van der Waals surface area (Å²) in [6, 6.07) is 11.7. The van der Waals surface area contributed by atoms with Gasteiger partial charge < -0.3 is 14.8 Å². The molecular weight excluding hydrogens is 370 g/mol. The van der Waals surface area contributed by atoms with Crippen molar-refractivity contribution in [2.24, 2.45) is 0 Å². The lowest BCUT2D eigenvalue weighted by atomic mass is 10.2. The Morgan fingerprint density at radius 2 is 1.90 bits per heavy atom. The molecule has 0 unspecified atom stereocenters. The van der Waals surface area contributed by atoms with E-state index in [9.17, 15) is 0 Å². The van der Waals surface area contributed by atoms with Gasteiger partial charge in [0.15, 0.2) is 17.1 Å². The van der Waals surface area contributed by atoms with E-state index in [4.69, 9.17) is 9.47 Å². The van der Waals surface area contributed by atoms with Crippen molar-refractivity contribution in [1.29, 1.82) is 0 Å². The van der Waals surface area contributed by atoms with Crippen LogP contribution in [0.1, 0.15) is 0 Å². The molecule has 1 aliphatic heterocycles. The standard InChI is InChI=1S/C20H15N7O2/c1-3-14(8-15-12(1)9-23-26-15)27-11-22-16-10-21-20(25-19(16)27)24-13-2-4-17-18(7-13)29-6-5-28-17/h1-4,7-11H,5-6H2,(H,23,26)(H,21,24,25). The van der Waals surface area contributed by atoms with Crippen LogP contribution >= 0.6 is 0 Å². The van der Waals surface area contributed by atoms with Gasteiger partial charge in [0.25, 0.3) is 0 Å². The van der Waals surface area contributed by atoms with Gasteiger partial charge in [-0.3, -0.25) is 9.67 Å². The minimum Gasteiger partial charge on any atom is -0.486 e. The molecule has 0 spiro atoms. The number of nitrogens with zero attached hydrogens (tertiary/aromatic N) is 5. The van der Waals surface area contributed by atoms with Crippen molar-refractivity contribution in [3.05, 3.63) is 55.1 Å². The Bertz CT molecular complexity index is 1360. The molecule has 4 heterocycles. The van der Waals surface area contributed by atoms with Crippen molar-refractivity contribution in [1.82, 2.24) is 29.7 Å². The maximum Gasteiger partial charge on any atom is 0.229 e. The number of hydrogen-bond donors (Lipinski definition) is 2. The van der Waals surface area contributed by atoms with Crippen molar-refractivity contribution in [3.8, 4) is 17.2 Å². The smallest absolute Gasteiger partial charge is 0.229 e. The molecule has 2 N–H and O–H groups in total. The number of imidazole rings is 1. The average Bonchev–Trinajstić information content (AvgIpc) is 3.39. The maximum atomic E-state index is 5.64. The van der Waals surface area contributed by atoms with Crippen molar-refractivity contribution in [2.45, 2.75) is 0 Å². The fourth-order valence-corrected chi connectivity index (χ4v) is 3.38. The van der Waals surface area contributed by atoms with Gasteiger partial charge in [0.2, 0.25) is 5.95 Å². The molecule has 0 fully saturated rings. The quantitative estimate of drug-likeness (QED) is 0.491. The van der Waals surface area contributed by atoms with E-state index in [2.05, 4.69) is 30.5 Å². The normalized spacial score (nSPS) is 13.1. The number of anilines is 2. The van der Waals surface area contributed by atoms with Crippen LogP contribution in [-0.2, 0) is 0 Å². The number of benzene rings is 2. The highest BCUT2D eigenvalue weighted by atomic mass is 16.6. The molecule has 3 aromatic heterocycles. The summed E-state index contributed by atoms with van der Waals surface area (Å²) < 4.78 is 13.1. The molecule has 6 rings (SSSR count). The van der Waals surface area contributed by atoms with Crippen LogP contribution < -0.4 is 14.8 Å². The molecular formula is C20H15N7O2. The maximum absolute atomic E-state index is 5.64. The van der Waals surface area contributed by atoms with Gasteiger partial charge in [0.1, 0.15) is 25.1 Å². The molecule has 0 aliphatic carbocycles. The van der Waals surface area contributed by atoms with E-state index in [0.717, 1.165) is 28.0 Å². The van der Waals surface area contributed by atoms with E-state index in [0.29, 0.717) is 36.1 Å². The first-order chi connectivity index (χ1) is 14.3. The van der Waals surface area contributed by atoms with Crippen LogP contribution in [0.3, 0.4) is 0 Å². The van der Waals surface area contributed by atoms with E-state index in [1.54, 1.807) is 18.7 Å². The zero-order chi connectivity index (χ0) is 19.2. The van der Waals surface area contributed by atoms with Crippen LogP contribution in [0.15, 0.2) is 55.1 Å². The van der Waals surface area contributed by atoms with Gasteiger partial charge in [-0.25, -0.2) is 9.97 Å². The third-order valence-electron chi connectivity index (χ3n) is 4.79. The lowest BCUT2D eigenvalue weighted by Crippen LogP contribution is -2.15. The summed E-state index contributed by atoms with van der Waals surface area (Å²) in [6.45, 7) is 1.10. The average molecular weight is 385 g/mol. The minimum atomic E-state index is 0.471. The Morgan fingerprint density at radius 3 is 2.86 bits per heavy atom. The first-order valence-electron chi connectivity index (χ1n) is 9.14. The summed E-state index contributed by atoms with van der Waals surface area (Å²) in [5.41, 5.74) is 4.13. The molecule has 0 bridgehead atoms. The van der Waals surface area contributed by atoms with E-state index in [1.807, 2.05) is 41.0 Å². The van der Waals surface area contributed by atoms with Crippen LogP contribution in [0, 0.1) is 0 Å². The van der Waals surface area contributed by atoms with Gasteiger partial charge in [0, 0.05) is 17.1 Å². The second-order valence-electron chi connectivity index (χ2n) is 6.64. The summed E-state index contributed by atoms with van der Waals surface area (Å²) in [5.74, 6) is 1.92. The molecule has 2 aromatic carbocycles. The van der Waals surface area contributed by atoms with Crippen molar-refractivity contribution in [3.63, 3.8) is 0 Å². The highest BCUT2D eigenvalue weighted by Gasteiger charge is 2.13. The fraction of sp³-hybridized carbons (Fsp3) is 0.100. The van der Waals surface area contributed by atoms with E-state index < -0.39 is 0 Å². The lowest BCUT2D eigenvalue weighted by molar-refractivity contribution is 0.171. The van der Waals surface area contributed by atoms with Gasteiger partial charge in [-0.05, 0) is 30.3 Å². The van der Waals surface area contributed by atoms with Crippen LogP contribution in [0.2, 0.25) is 0 Å². The van der Waals surface area contributed by atoms with Gasteiger partial charge in [0.05, 0.1) is 23.6 Å². The summed E-state index contributed by atoms with van der Waals surface area (Å²) in [6.07, 6.45) is 5.24. The Morgan fingerprint density at radius 1 is 0.966 bits per heavy atom. The first kappa shape index (κ1) is 15.9. The van der Waals surface area contributed by atoms with Gasteiger partial charge in [-0.1, -0.05) is 0 Å². The van der Waals surface area contributed by atoms with E-state index in [-0.39, 0.29) is 0 Å². The SMILES string of the molecule is c1cc2c(cc1Nc1ncc3ncn(-c4ccc5cn[nH]c5c4)c3n1)OCCO2. The first-order valence-corrected chi connectivity index (χ1v) is 9.14. The molecule has 29 heavy (non-hydrogen) atoms. The Hall–Kier alpha value is -4.14. The Kier molecular flexibility index (Phi) is 3.39. The van der Waals surface area contributed by atoms with Crippen molar-refractivity contribution >= 4 is 33.7 Å². The van der Waals surface area contributed by atoms with Crippen LogP contribution in [0.25, 0.3) is 27.8 Å². The number of hydrogen-bond acceptors (Lipinski definition) is 7. The second kappa shape index (κ2) is 6.20. The van der Waals surface area contributed by atoms with Gasteiger partial charge >= 0.3 is 0 Å². The predicted molar refractivity (Wildman–Crippen MR) is 107 cm³/mol. The lowest BCUT2D eigenvalue weighted by Gasteiger charge is -2.19. The third kappa shape index (κ3) is 2.71. The van der Waals surface area contributed by atoms with Gasteiger partial charge in [-0.2, -0.15) is 10.1 Å². The summed E-state index contributed by atoms with van der Waals surface area (Å²) in [7, 11) is 0. The van der Waals surface area contributed by atoms with E-state index >= 15 is 0 Å². The molecule has 0 atom stereocenters. The summed E-state index contributed by atoms with van der Waals surface area (Å²) in [4.78, 5) is 13.5. The van der Waals surface area contributed by atoms with Crippen LogP contribution in [0.4, 0.5) is 11.6 Å². The largest absolute Gasteiger partial charge is 0.486 e. The minimum absolute atomic E-state index is 0.471. The zero-order valence-electron chi connectivity index (χ0n) is 15.2. The number of H-pyrrole nitrogens is 1. The van der Waals surface area contributed by atoms with Crippen LogP contribution in [-0.4, -0.2) is 42.9 Å². The number of ether oxygens (including phenoxy) is 2. The molecule has 5 aromatic rings. The topological polar surface area (TPSA) is 103 Å². The second-order valence-corrected chi connectivity index (χ2v) is 6.64. The number of fused-ring (bicyclic) bond motifs is 3. The van der Waals surface area contributed by atoms with E-state index in [1.165, 1.54) is 0 Å². The molecule has 0 radical (unpaired) electrons. The third-order valence-corrected chi connectivity index (χ3v) is 4.79. The molecule has 0 amide bonds. The summed E-state index contributed by atoms with van der Waals surface area (Å²) in [5, 5.41) is 11.3. The number of aromatic amines is 1. The summed E-state index contributed by atoms with van der Waals surface area (Å²) >= 11 is 0. The molecule has 9 heteroatoms. The number of aromatic nitrogens is 6. The van der Waals surface area contributed by atoms with Crippen molar-refractivity contribution in [2.75, 3.05) is 18.5 Å². The highest BCUT2D eigenvalue weighted by molar-refractivity contribution is 5.81. The van der Waals surface area contributed by atoms with Gasteiger partial charge in [-0.15, -0.1) is 0 Å².